The highest BCUT2D eigenvalue weighted by Crippen LogP contribution is 2.22. The van der Waals surface area contributed by atoms with Crippen LogP contribution < -0.4 is 11.1 Å². The van der Waals surface area contributed by atoms with E-state index in [-0.39, 0.29) is 5.91 Å². The van der Waals surface area contributed by atoms with Crippen molar-refractivity contribution in [2.45, 2.75) is 32.4 Å². The Labute approximate surface area is 86.5 Å². The molecular weight excluding hydrogens is 198 g/mol. The molecule has 0 radical (unpaired) electrons. The molecular formula is C9H13N3OS. The van der Waals surface area contributed by atoms with Crippen molar-refractivity contribution in [2.24, 2.45) is 5.73 Å². The van der Waals surface area contributed by atoms with Crippen LogP contribution >= 0.6 is 11.3 Å². The minimum absolute atomic E-state index is 0.00204. The molecule has 0 spiro atoms. The van der Waals surface area contributed by atoms with Crippen molar-refractivity contribution in [2.75, 3.05) is 0 Å². The van der Waals surface area contributed by atoms with E-state index < -0.39 is 0 Å². The molecule has 0 aliphatic heterocycles. The molecule has 1 aromatic rings. The number of hydrogen-bond donors (Lipinski definition) is 2. The third-order valence-corrected chi connectivity index (χ3v) is 3.31. The molecule has 0 saturated heterocycles. The number of nitrogens with two attached hydrogens (primary N) is 1. The summed E-state index contributed by atoms with van der Waals surface area (Å²) in [6, 6.07) is 0.394. The quantitative estimate of drug-likeness (QED) is 0.777. The molecule has 3 N–H and O–H groups in total. The standard InChI is InChI=1S/C9H13N3OS/c1-5-8(14-7(4-10)11-5)9(13)12-6-2-3-6/h6H,2-4,10H2,1H3,(H,12,13). The van der Waals surface area contributed by atoms with Crippen LogP contribution in [-0.4, -0.2) is 16.9 Å². The number of nitrogens with zero attached hydrogens (tertiary/aromatic N) is 1. The highest BCUT2D eigenvalue weighted by atomic mass is 32.1. The molecule has 1 fully saturated rings. The molecule has 5 heteroatoms. The predicted octanol–water partition coefficient (Wildman–Crippen LogP) is 0.802. The number of hydrogen-bond acceptors (Lipinski definition) is 4. The molecule has 1 amide bonds. The van der Waals surface area contributed by atoms with Gasteiger partial charge in [0.25, 0.3) is 5.91 Å². The van der Waals surface area contributed by atoms with E-state index in [2.05, 4.69) is 10.3 Å². The zero-order chi connectivity index (χ0) is 10.1. The summed E-state index contributed by atoms with van der Waals surface area (Å²) in [6.45, 7) is 2.25. The van der Waals surface area contributed by atoms with Crippen LogP contribution in [0.3, 0.4) is 0 Å². The summed E-state index contributed by atoms with van der Waals surface area (Å²) in [5.74, 6) is 0.00204. The second kappa shape index (κ2) is 3.67. The summed E-state index contributed by atoms with van der Waals surface area (Å²) in [6.07, 6.45) is 2.21. The first-order valence-corrected chi connectivity index (χ1v) is 5.49. The first-order chi connectivity index (χ1) is 6.70. The summed E-state index contributed by atoms with van der Waals surface area (Å²) < 4.78 is 0. The van der Waals surface area contributed by atoms with Crippen LogP contribution in [0.15, 0.2) is 0 Å². The van der Waals surface area contributed by atoms with Gasteiger partial charge in [-0.15, -0.1) is 11.3 Å². The lowest BCUT2D eigenvalue weighted by molar-refractivity contribution is 0.0954. The molecule has 1 aliphatic carbocycles. The molecule has 1 heterocycles. The summed E-state index contributed by atoms with van der Waals surface area (Å²) in [5.41, 5.74) is 6.25. The van der Waals surface area contributed by atoms with E-state index in [4.69, 9.17) is 5.73 Å². The predicted molar refractivity (Wildman–Crippen MR) is 55.2 cm³/mol. The van der Waals surface area contributed by atoms with Crippen molar-refractivity contribution < 1.29 is 4.79 Å². The minimum atomic E-state index is 0.00204. The number of amides is 1. The van der Waals surface area contributed by atoms with Gasteiger partial charge < -0.3 is 11.1 Å². The molecule has 1 aromatic heterocycles. The highest BCUT2D eigenvalue weighted by molar-refractivity contribution is 7.13. The van der Waals surface area contributed by atoms with E-state index in [1.54, 1.807) is 0 Å². The van der Waals surface area contributed by atoms with Gasteiger partial charge in [-0.2, -0.15) is 0 Å². The smallest absolute Gasteiger partial charge is 0.263 e. The Morgan fingerprint density at radius 2 is 2.43 bits per heavy atom. The SMILES string of the molecule is Cc1nc(CN)sc1C(=O)NC1CC1. The summed E-state index contributed by atoms with van der Waals surface area (Å²) in [5, 5.41) is 3.76. The van der Waals surface area contributed by atoms with Gasteiger partial charge in [0.2, 0.25) is 0 Å². The molecule has 2 rings (SSSR count). The van der Waals surface area contributed by atoms with E-state index >= 15 is 0 Å². The molecule has 0 bridgehead atoms. The maximum Gasteiger partial charge on any atom is 0.263 e. The van der Waals surface area contributed by atoms with Crippen LogP contribution in [0.2, 0.25) is 0 Å². The number of rotatable bonds is 3. The molecule has 1 saturated carbocycles. The van der Waals surface area contributed by atoms with Gasteiger partial charge in [-0.05, 0) is 19.8 Å². The van der Waals surface area contributed by atoms with E-state index in [0.29, 0.717) is 17.5 Å². The van der Waals surface area contributed by atoms with Gasteiger partial charge >= 0.3 is 0 Å². The second-order valence-corrected chi connectivity index (χ2v) is 4.56. The summed E-state index contributed by atoms with van der Waals surface area (Å²) >= 11 is 1.39. The Kier molecular flexibility index (Phi) is 2.52. The highest BCUT2D eigenvalue weighted by Gasteiger charge is 2.25. The fourth-order valence-corrected chi connectivity index (χ4v) is 2.08. The number of aryl methyl sites for hydroxylation is 1. The molecule has 0 unspecified atom stereocenters. The Balaban J connectivity index is 2.12. The Hall–Kier alpha value is -0.940. The Morgan fingerprint density at radius 3 is 2.93 bits per heavy atom. The zero-order valence-electron chi connectivity index (χ0n) is 8.04. The van der Waals surface area contributed by atoms with E-state index in [1.165, 1.54) is 11.3 Å². The number of nitrogens with one attached hydrogen (secondary N) is 1. The van der Waals surface area contributed by atoms with Crippen LogP contribution in [-0.2, 0) is 6.54 Å². The molecule has 0 atom stereocenters. The van der Waals surface area contributed by atoms with Gasteiger partial charge in [-0.1, -0.05) is 0 Å². The number of carbonyl (C=O) groups excluding carboxylic acids is 1. The van der Waals surface area contributed by atoms with Gasteiger partial charge in [0.05, 0.1) is 5.69 Å². The molecule has 76 valence electrons. The molecule has 14 heavy (non-hydrogen) atoms. The van der Waals surface area contributed by atoms with Crippen molar-refractivity contribution in [3.63, 3.8) is 0 Å². The maximum absolute atomic E-state index is 11.7. The third kappa shape index (κ3) is 1.93. The van der Waals surface area contributed by atoms with Gasteiger partial charge in [0.15, 0.2) is 0 Å². The second-order valence-electron chi connectivity index (χ2n) is 3.47. The average molecular weight is 211 g/mol. The monoisotopic (exact) mass is 211 g/mol. The summed E-state index contributed by atoms with van der Waals surface area (Å²) in [7, 11) is 0. The first-order valence-electron chi connectivity index (χ1n) is 4.68. The fourth-order valence-electron chi connectivity index (χ4n) is 1.23. The largest absolute Gasteiger partial charge is 0.349 e. The van der Waals surface area contributed by atoms with Gasteiger partial charge in [0, 0.05) is 12.6 Å². The van der Waals surface area contributed by atoms with Gasteiger partial charge in [-0.3, -0.25) is 4.79 Å². The van der Waals surface area contributed by atoms with Crippen molar-refractivity contribution in [3.8, 4) is 0 Å². The third-order valence-electron chi connectivity index (χ3n) is 2.13. The zero-order valence-corrected chi connectivity index (χ0v) is 8.86. The number of carbonyl (C=O) groups is 1. The van der Waals surface area contributed by atoms with E-state index in [1.807, 2.05) is 6.92 Å². The van der Waals surface area contributed by atoms with E-state index in [9.17, 15) is 4.79 Å². The fraction of sp³-hybridized carbons (Fsp3) is 0.556. The van der Waals surface area contributed by atoms with Gasteiger partial charge in [0.1, 0.15) is 9.88 Å². The molecule has 4 nitrogen and oxygen atoms in total. The van der Waals surface area contributed by atoms with Crippen LogP contribution in [0.4, 0.5) is 0 Å². The number of aromatic nitrogens is 1. The van der Waals surface area contributed by atoms with Crippen LogP contribution in [0, 0.1) is 6.92 Å². The number of thiazole rings is 1. The van der Waals surface area contributed by atoms with Crippen molar-refractivity contribution >= 4 is 17.2 Å². The lowest BCUT2D eigenvalue weighted by atomic mass is 10.3. The average Bonchev–Trinajstić information content (AvgIpc) is 2.87. The van der Waals surface area contributed by atoms with Crippen molar-refractivity contribution in [1.29, 1.82) is 0 Å². The first kappa shape index (κ1) is 9.61. The maximum atomic E-state index is 11.7. The van der Waals surface area contributed by atoms with Crippen LogP contribution in [0.1, 0.15) is 33.2 Å². The minimum Gasteiger partial charge on any atom is -0.349 e. The lowest BCUT2D eigenvalue weighted by Crippen LogP contribution is -2.25. The molecule has 0 aromatic carbocycles. The van der Waals surface area contributed by atoms with Crippen molar-refractivity contribution in [3.05, 3.63) is 15.6 Å². The Bertz CT molecular complexity index is 357. The molecule has 1 aliphatic rings. The Morgan fingerprint density at radius 1 is 1.71 bits per heavy atom. The van der Waals surface area contributed by atoms with E-state index in [0.717, 1.165) is 23.5 Å². The van der Waals surface area contributed by atoms with Crippen molar-refractivity contribution in [1.82, 2.24) is 10.3 Å². The lowest BCUT2D eigenvalue weighted by Gasteiger charge is -1.99. The normalized spacial score (nSPS) is 15.6. The van der Waals surface area contributed by atoms with Crippen LogP contribution in [0.5, 0.6) is 0 Å². The topological polar surface area (TPSA) is 68.0 Å². The summed E-state index contributed by atoms with van der Waals surface area (Å²) in [4.78, 5) is 16.6. The van der Waals surface area contributed by atoms with Crippen LogP contribution in [0.25, 0.3) is 0 Å². The van der Waals surface area contributed by atoms with Gasteiger partial charge in [-0.25, -0.2) is 4.98 Å².